The van der Waals surface area contributed by atoms with E-state index in [0.717, 1.165) is 13.8 Å². The summed E-state index contributed by atoms with van der Waals surface area (Å²) >= 11 is 0. The van der Waals surface area contributed by atoms with Crippen LogP contribution in [0, 0.1) is 20.2 Å². The summed E-state index contributed by atoms with van der Waals surface area (Å²) in [4.78, 5) is 17.7. The highest BCUT2D eigenvalue weighted by Crippen LogP contribution is 2.11. The van der Waals surface area contributed by atoms with Crippen LogP contribution in [0.4, 0.5) is 0 Å². The molecule has 0 radical (unpaired) electrons. The third kappa shape index (κ3) is 2.46. The highest BCUT2D eigenvalue weighted by Gasteiger charge is 2.47. The van der Waals surface area contributed by atoms with E-state index in [-0.39, 0.29) is 0 Å². The average molecular weight is 164 g/mol. The van der Waals surface area contributed by atoms with Crippen LogP contribution in [0.2, 0.25) is 0 Å². The first-order valence-electron chi connectivity index (χ1n) is 2.76. The molecule has 0 aromatic heterocycles. The van der Waals surface area contributed by atoms with Gasteiger partial charge in [-0.3, -0.25) is 20.2 Å². The molecule has 64 valence electrons. The van der Waals surface area contributed by atoms with E-state index in [2.05, 4.69) is 0 Å². The molecule has 0 rings (SSSR count). The third-order valence-electron chi connectivity index (χ3n) is 1.03. The maximum absolute atomic E-state index is 9.99. The number of aliphatic hydroxyl groups is 1. The monoisotopic (exact) mass is 164 g/mol. The minimum absolute atomic E-state index is 1.02. The molecular weight excluding hydrogens is 156 g/mol. The van der Waals surface area contributed by atoms with Crippen LogP contribution >= 0.6 is 0 Å². The van der Waals surface area contributed by atoms with Crippen molar-refractivity contribution in [3.63, 3.8) is 0 Å². The third-order valence-corrected chi connectivity index (χ3v) is 1.03. The van der Waals surface area contributed by atoms with Gasteiger partial charge < -0.3 is 5.11 Å². The van der Waals surface area contributed by atoms with Crippen molar-refractivity contribution in [3.8, 4) is 0 Å². The zero-order chi connectivity index (χ0) is 9.23. The van der Waals surface area contributed by atoms with Gasteiger partial charge in [-0.25, -0.2) is 0 Å². The zero-order valence-corrected chi connectivity index (χ0v) is 6.05. The maximum Gasteiger partial charge on any atom is 0.477 e. The Morgan fingerprint density at radius 2 is 1.55 bits per heavy atom. The molecule has 0 fully saturated rings. The maximum atomic E-state index is 9.99. The molecule has 0 amide bonds. The largest absolute Gasteiger partial charge is 0.477 e. The van der Waals surface area contributed by atoms with Gasteiger partial charge in [-0.1, -0.05) is 0 Å². The summed E-state index contributed by atoms with van der Waals surface area (Å²) in [5, 5.41) is 28.9. The lowest BCUT2D eigenvalue weighted by Gasteiger charge is -2.13. The average Bonchev–Trinajstić information content (AvgIpc) is 1.54. The molecule has 1 N–H and O–H groups in total. The topological polar surface area (TPSA) is 107 Å². The van der Waals surface area contributed by atoms with Crippen molar-refractivity contribution in [1.29, 1.82) is 0 Å². The number of nitro groups is 2. The Bertz CT molecular complexity index is 169. The van der Waals surface area contributed by atoms with Gasteiger partial charge in [0, 0.05) is 0 Å². The molecule has 11 heavy (non-hydrogen) atoms. The minimum Gasteiger partial charge on any atom is -0.377 e. The Morgan fingerprint density at radius 1 is 1.27 bits per heavy atom. The Balaban J connectivity index is 4.63. The second kappa shape index (κ2) is 2.79. The van der Waals surface area contributed by atoms with Gasteiger partial charge in [0.2, 0.25) is 0 Å². The van der Waals surface area contributed by atoms with E-state index in [9.17, 15) is 20.2 Å². The van der Waals surface area contributed by atoms with E-state index in [1.54, 1.807) is 0 Å². The van der Waals surface area contributed by atoms with Crippen molar-refractivity contribution in [1.82, 2.24) is 0 Å². The normalized spacial score (nSPS) is 11.6. The number of hydrogen-bond donors (Lipinski definition) is 1. The SMILES string of the molecule is CC(C)(O)C([N+](=O)[O-])[N+](=O)[O-]. The van der Waals surface area contributed by atoms with Gasteiger partial charge >= 0.3 is 6.17 Å². The van der Waals surface area contributed by atoms with Crippen molar-refractivity contribution < 1.29 is 15.0 Å². The van der Waals surface area contributed by atoms with Crippen LogP contribution in [0.3, 0.4) is 0 Å². The quantitative estimate of drug-likeness (QED) is 0.348. The van der Waals surface area contributed by atoms with Crippen LogP contribution in [0.5, 0.6) is 0 Å². The molecule has 7 nitrogen and oxygen atoms in total. The minimum atomic E-state index is -2.16. The van der Waals surface area contributed by atoms with Gasteiger partial charge in [-0.2, -0.15) is 0 Å². The molecule has 0 heterocycles. The summed E-state index contributed by atoms with van der Waals surface area (Å²) in [5.41, 5.74) is -1.94. The van der Waals surface area contributed by atoms with Crippen molar-refractivity contribution >= 4 is 0 Å². The van der Waals surface area contributed by atoms with Crippen molar-refractivity contribution in [2.24, 2.45) is 0 Å². The molecule has 0 saturated heterocycles. The van der Waals surface area contributed by atoms with Gasteiger partial charge in [-0.05, 0) is 13.8 Å². The lowest BCUT2D eigenvalue weighted by Crippen LogP contribution is -2.47. The second-order valence-corrected chi connectivity index (χ2v) is 2.60. The smallest absolute Gasteiger partial charge is 0.377 e. The fourth-order valence-corrected chi connectivity index (χ4v) is 0.593. The van der Waals surface area contributed by atoms with Gasteiger partial charge in [0.05, 0.1) is 9.85 Å². The number of nitrogens with zero attached hydrogens (tertiary/aromatic N) is 2. The predicted octanol–water partition coefficient (Wildman–Crippen LogP) is -0.363. The lowest BCUT2D eigenvalue weighted by molar-refractivity contribution is -0.759. The molecule has 0 bridgehead atoms. The van der Waals surface area contributed by atoms with E-state index in [0.29, 0.717) is 0 Å². The Kier molecular flexibility index (Phi) is 2.47. The zero-order valence-electron chi connectivity index (χ0n) is 6.05. The first-order chi connectivity index (χ1) is 4.76. The van der Waals surface area contributed by atoms with E-state index in [1.807, 2.05) is 0 Å². The van der Waals surface area contributed by atoms with E-state index in [1.165, 1.54) is 0 Å². The Labute approximate surface area is 61.9 Å². The Hall–Kier alpha value is -1.24. The fraction of sp³-hybridized carbons (Fsp3) is 1.00. The summed E-state index contributed by atoms with van der Waals surface area (Å²) in [5.74, 6) is 0. The summed E-state index contributed by atoms with van der Waals surface area (Å²) in [6.45, 7) is 2.03. The van der Waals surface area contributed by atoms with Gasteiger partial charge in [0.15, 0.2) is 5.60 Å². The highest BCUT2D eigenvalue weighted by molar-refractivity contribution is 4.67. The molecule has 0 atom stereocenters. The molecule has 0 aliphatic rings. The Morgan fingerprint density at radius 3 is 1.55 bits per heavy atom. The van der Waals surface area contributed by atoms with Crippen molar-refractivity contribution in [3.05, 3.63) is 20.2 Å². The van der Waals surface area contributed by atoms with Crippen LogP contribution in [-0.4, -0.2) is 26.7 Å². The fourth-order valence-electron chi connectivity index (χ4n) is 0.593. The molecule has 0 unspecified atom stereocenters. The first kappa shape index (κ1) is 9.76. The summed E-state index contributed by atoms with van der Waals surface area (Å²) < 4.78 is 0. The molecular formula is C4H8N2O5. The standard InChI is InChI=1S/C4H8N2O5/c1-4(2,7)3(5(8)9)6(10)11/h3,7H,1-2H3. The van der Waals surface area contributed by atoms with Gasteiger partial charge in [0.1, 0.15) is 0 Å². The van der Waals surface area contributed by atoms with Crippen LogP contribution in [0.1, 0.15) is 13.8 Å². The van der Waals surface area contributed by atoms with E-state index >= 15 is 0 Å². The summed E-state index contributed by atoms with van der Waals surface area (Å²) in [6, 6.07) is 0. The van der Waals surface area contributed by atoms with Crippen molar-refractivity contribution in [2.75, 3.05) is 0 Å². The molecule has 7 heteroatoms. The molecule has 0 spiro atoms. The van der Waals surface area contributed by atoms with E-state index in [4.69, 9.17) is 5.11 Å². The number of rotatable bonds is 3. The lowest BCUT2D eigenvalue weighted by atomic mass is 10.1. The van der Waals surface area contributed by atoms with Crippen LogP contribution < -0.4 is 0 Å². The predicted molar refractivity (Wildman–Crippen MR) is 34.1 cm³/mol. The van der Waals surface area contributed by atoms with Crippen LogP contribution in [0.15, 0.2) is 0 Å². The van der Waals surface area contributed by atoms with Crippen LogP contribution in [-0.2, 0) is 0 Å². The number of hydrogen-bond acceptors (Lipinski definition) is 5. The van der Waals surface area contributed by atoms with Crippen LogP contribution in [0.25, 0.3) is 0 Å². The molecule has 0 aliphatic carbocycles. The summed E-state index contributed by atoms with van der Waals surface area (Å²) in [7, 11) is 0. The molecule has 0 saturated carbocycles. The molecule has 0 aliphatic heterocycles. The second-order valence-electron chi connectivity index (χ2n) is 2.60. The summed E-state index contributed by atoms with van der Waals surface area (Å²) in [6.07, 6.45) is -2.16. The molecule has 0 aromatic rings. The highest BCUT2D eigenvalue weighted by atomic mass is 16.7. The van der Waals surface area contributed by atoms with Gasteiger partial charge in [-0.15, -0.1) is 0 Å². The molecule has 0 aromatic carbocycles. The van der Waals surface area contributed by atoms with Gasteiger partial charge in [0.25, 0.3) is 0 Å². The first-order valence-corrected chi connectivity index (χ1v) is 2.76. The van der Waals surface area contributed by atoms with Crippen molar-refractivity contribution in [2.45, 2.75) is 25.6 Å². The van der Waals surface area contributed by atoms with E-state index < -0.39 is 21.6 Å².